The zero-order chi connectivity index (χ0) is 17.9. The number of phenolic OH excluding ortho intramolecular Hbond substituents is 2. The highest BCUT2D eigenvalue weighted by atomic mass is 16.3. The molecule has 2 aliphatic rings. The zero-order valence-corrected chi connectivity index (χ0v) is 15.2. The summed E-state index contributed by atoms with van der Waals surface area (Å²) in [6.45, 7) is 3.83. The summed E-state index contributed by atoms with van der Waals surface area (Å²) in [5.41, 5.74) is 2.04. The maximum absolute atomic E-state index is 10.1. The van der Waals surface area contributed by atoms with Crippen molar-refractivity contribution in [1.82, 2.24) is 9.80 Å². The minimum Gasteiger partial charge on any atom is -0.508 e. The van der Waals surface area contributed by atoms with E-state index >= 15 is 0 Å². The summed E-state index contributed by atoms with van der Waals surface area (Å²) in [5.74, 6) is 0.797. The number of phenols is 2. The van der Waals surface area contributed by atoms with E-state index in [1.54, 1.807) is 12.1 Å². The Hall–Kier alpha value is -2.04. The maximum Gasteiger partial charge on any atom is 0.120 e. The fourth-order valence-corrected chi connectivity index (χ4v) is 4.69. The lowest BCUT2D eigenvalue weighted by Crippen LogP contribution is -2.45. The molecule has 2 fully saturated rings. The second-order valence-corrected chi connectivity index (χ2v) is 7.62. The molecule has 2 N–H and O–H groups in total. The standard InChI is InChI=1S/C22H28N2O2/c25-21-11-3-1-7-17(21)15-23-13-5-9-19(23)20-10-6-14-24(20)16-18-8-2-4-12-22(18)26/h1-4,7-8,11-12,19-20,25-26H,5-6,9-10,13-16H2. The van der Waals surface area contributed by atoms with Crippen LogP contribution in [0.4, 0.5) is 0 Å². The molecule has 2 saturated heterocycles. The summed E-state index contributed by atoms with van der Waals surface area (Å²) in [7, 11) is 0. The van der Waals surface area contributed by atoms with Crippen LogP contribution in [0.15, 0.2) is 48.5 Å². The largest absolute Gasteiger partial charge is 0.508 e. The van der Waals surface area contributed by atoms with Gasteiger partial charge in [0.25, 0.3) is 0 Å². The van der Waals surface area contributed by atoms with Gasteiger partial charge in [0, 0.05) is 36.3 Å². The lowest BCUT2D eigenvalue weighted by molar-refractivity contribution is 0.123. The van der Waals surface area contributed by atoms with Gasteiger partial charge in [-0.2, -0.15) is 0 Å². The molecule has 0 radical (unpaired) electrons. The van der Waals surface area contributed by atoms with E-state index in [1.165, 1.54) is 25.7 Å². The molecule has 4 nitrogen and oxygen atoms in total. The van der Waals surface area contributed by atoms with Gasteiger partial charge in [-0.05, 0) is 50.9 Å². The summed E-state index contributed by atoms with van der Waals surface area (Å²) >= 11 is 0. The average Bonchev–Trinajstić information content (AvgIpc) is 3.28. The van der Waals surface area contributed by atoms with Crippen LogP contribution >= 0.6 is 0 Å². The van der Waals surface area contributed by atoms with Gasteiger partial charge in [-0.1, -0.05) is 36.4 Å². The molecule has 2 heterocycles. The van der Waals surface area contributed by atoms with Crippen LogP contribution in [-0.2, 0) is 13.1 Å². The van der Waals surface area contributed by atoms with Crippen molar-refractivity contribution in [2.24, 2.45) is 0 Å². The number of benzene rings is 2. The second-order valence-electron chi connectivity index (χ2n) is 7.62. The summed E-state index contributed by atoms with van der Waals surface area (Å²) in [6.07, 6.45) is 4.88. The van der Waals surface area contributed by atoms with Gasteiger partial charge >= 0.3 is 0 Å². The fraction of sp³-hybridized carbons (Fsp3) is 0.455. The van der Waals surface area contributed by atoms with E-state index in [4.69, 9.17) is 0 Å². The highest BCUT2D eigenvalue weighted by molar-refractivity contribution is 5.32. The van der Waals surface area contributed by atoms with E-state index < -0.39 is 0 Å². The van der Waals surface area contributed by atoms with E-state index in [2.05, 4.69) is 9.80 Å². The molecule has 2 unspecified atom stereocenters. The van der Waals surface area contributed by atoms with Crippen molar-refractivity contribution in [2.75, 3.05) is 13.1 Å². The van der Waals surface area contributed by atoms with Crippen LogP contribution in [0, 0.1) is 0 Å². The first-order valence-electron chi connectivity index (χ1n) is 9.74. The van der Waals surface area contributed by atoms with Gasteiger partial charge in [0.15, 0.2) is 0 Å². The number of aromatic hydroxyl groups is 2. The van der Waals surface area contributed by atoms with E-state index in [0.29, 0.717) is 23.6 Å². The van der Waals surface area contributed by atoms with Crippen molar-refractivity contribution in [3.63, 3.8) is 0 Å². The predicted molar refractivity (Wildman–Crippen MR) is 103 cm³/mol. The minimum absolute atomic E-state index is 0.399. The second kappa shape index (κ2) is 7.68. The minimum atomic E-state index is 0.399. The maximum atomic E-state index is 10.1. The van der Waals surface area contributed by atoms with Crippen LogP contribution in [0.2, 0.25) is 0 Å². The van der Waals surface area contributed by atoms with Crippen LogP contribution in [-0.4, -0.2) is 45.2 Å². The Labute approximate surface area is 155 Å². The van der Waals surface area contributed by atoms with Crippen LogP contribution in [0.3, 0.4) is 0 Å². The van der Waals surface area contributed by atoms with Gasteiger partial charge in [0.2, 0.25) is 0 Å². The quantitative estimate of drug-likeness (QED) is 0.861. The van der Waals surface area contributed by atoms with Crippen LogP contribution in [0.5, 0.6) is 11.5 Å². The average molecular weight is 352 g/mol. The smallest absolute Gasteiger partial charge is 0.120 e. The SMILES string of the molecule is Oc1ccccc1CN1CCCC1C1CCCN1Cc1ccccc1O. The third-order valence-electron chi connectivity index (χ3n) is 6.00. The molecule has 2 aromatic rings. The molecule has 2 aliphatic heterocycles. The number of rotatable bonds is 5. The number of hydrogen-bond acceptors (Lipinski definition) is 4. The summed E-state index contributed by atoms with van der Waals surface area (Å²) in [4.78, 5) is 5.09. The van der Waals surface area contributed by atoms with Gasteiger partial charge < -0.3 is 10.2 Å². The van der Waals surface area contributed by atoms with E-state index in [9.17, 15) is 10.2 Å². The lowest BCUT2D eigenvalue weighted by atomic mass is 10.0. The first-order valence-corrected chi connectivity index (χ1v) is 9.74. The summed E-state index contributed by atoms with van der Waals surface area (Å²) in [5, 5.41) is 20.3. The van der Waals surface area contributed by atoms with Crippen molar-refractivity contribution in [3.05, 3.63) is 59.7 Å². The third kappa shape index (κ3) is 3.57. The Morgan fingerprint density at radius 2 is 1.12 bits per heavy atom. The molecular weight excluding hydrogens is 324 g/mol. The first kappa shape index (κ1) is 17.4. The van der Waals surface area contributed by atoms with Gasteiger partial charge in [0.1, 0.15) is 11.5 Å². The van der Waals surface area contributed by atoms with Crippen LogP contribution in [0.25, 0.3) is 0 Å². The molecule has 2 aromatic carbocycles. The topological polar surface area (TPSA) is 46.9 Å². The molecule has 26 heavy (non-hydrogen) atoms. The van der Waals surface area contributed by atoms with E-state index in [-0.39, 0.29) is 0 Å². The van der Waals surface area contributed by atoms with Crippen molar-refractivity contribution in [1.29, 1.82) is 0 Å². The highest BCUT2D eigenvalue weighted by Gasteiger charge is 2.37. The molecule has 0 bridgehead atoms. The Bertz CT molecular complexity index is 685. The molecule has 0 aliphatic carbocycles. The molecular formula is C22H28N2O2. The lowest BCUT2D eigenvalue weighted by Gasteiger charge is -2.35. The van der Waals surface area contributed by atoms with E-state index in [0.717, 1.165) is 37.3 Å². The van der Waals surface area contributed by atoms with Crippen molar-refractivity contribution in [3.8, 4) is 11.5 Å². The van der Waals surface area contributed by atoms with Gasteiger partial charge in [0.05, 0.1) is 0 Å². The van der Waals surface area contributed by atoms with Gasteiger partial charge in [-0.25, -0.2) is 0 Å². The Morgan fingerprint density at radius 1 is 0.692 bits per heavy atom. The number of likely N-dealkylation sites (tertiary alicyclic amines) is 2. The molecule has 4 rings (SSSR count). The van der Waals surface area contributed by atoms with Crippen molar-refractivity contribution < 1.29 is 10.2 Å². The number of nitrogens with zero attached hydrogens (tertiary/aromatic N) is 2. The predicted octanol–water partition coefficient (Wildman–Crippen LogP) is 3.73. The fourth-order valence-electron chi connectivity index (χ4n) is 4.69. The third-order valence-corrected chi connectivity index (χ3v) is 6.00. The van der Waals surface area contributed by atoms with Gasteiger partial charge in [-0.15, -0.1) is 0 Å². The molecule has 0 spiro atoms. The molecule has 0 aromatic heterocycles. The monoisotopic (exact) mass is 352 g/mol. The zero-order valence-electron chi connectivity index (χ0n) is 15.2. The summed E-state index contributed by atoms with van der Waals surface area (Å²) in [6, 6.07) is 16.4. The first-order chi connectivity index (χ1) is 12.7. The number of para-hydroxylation sites is 2. The summed E-state index contributed by atoms with van der Waals surface area (Å²) < 4.78 is 0. The molecule has 0 amide bonds. The highest BCUT2D eigenvalue weighted by Crippen LogP contribution is 2.33. The molecule has 4 heteroatoms. The van der Waals surface area contributed by atoms with Crippen molar-refractivity contribution in [2.45, 2.75) is 50.9 Å². The molecule has 138 valence electrons. The number of hydrogen-bond donors (Lipinski definition) is 2. The van der Waals surface area contributed by atoms with Crippen LogP contribution in [0.1, 0.15) is 36.8 Å². The Balaban J connectivity index is 1.48. The van der Waals surface area contributed by atoms with Crippen molar-refractivity contribution >= 4 is 0 Å². The Kier molecular flexibility index (Phi) is 5.14. The molecule has 2 atom stereocenters. The van der Waals surface area contributed by atoms with E-state index in [1.807, 2.05) is 36.4 Å². The Morgan fingerprint density at radius 3 is 1.54 bits per heavy atom. The normalized spacial score (nSPS) is 24.3. The van der Waals surface area contributed by atoms with Crippen LogP contribution < -0.4 is 0 Å². The molecule has 0 saturated carbocycles. The van der Waals surface area contributed by atoms with Gasteiger partial charge in [-0.3, -0.25) is 9.80 Å².